The molecule has 0 bridgehead atoms. The Morgan fingerprint density at radius 3 is 2.85 bits per heavy atom. The van der Waals surface area contributed by atoms with E-state index < -0.39 is 0 Å². The Hall–Kier alpha value is -2.42. The first-order valence-electron chi connectivity index (χ1n) is 8.16. The van der Waals surface area contributed by atoms with E-state index in [1.54, 1.807) is 35.0 Å². The zero-order chi connectivity index (χ0) is 18.7. The Balaban J connectivity index is 1.62. The van der Waals surface area contributed by atoms with Gasteiger partial charge in [-0.3, -0.25) is 14.5 Å². The molecule has 138 valence electrons. The van der Waals surface area contributed by atoms with Gasteiger partial charge in [-0.2, -0.15) is 5.10 Å². The number of carbonyl (C=O) groups is 1. The average molecular weight is 423 g/mol. The lowest BCUT2D eigenvalue weighted by Gasteiger charge is -2.35. The van der Waals surface area contributed by atoms with Crippen LogP contribution in [0.1, 0.15) is 5.56 Å². The van der Waals surface area contributed by atoms with Gasteiger partial charge in [-0.1, -0.05) is 22.0 Å². The zero-order valence-electron chi connectivity index (χ0n) is 14.6. The largest absolute Gasteiger partial charge is 0.352 e. The third kappa shape index (κ3) is 4.04. The van der Waals surface area contributed by atoms with Crippen molar-refractivity contribution < 1.29 is 9.18 Å². The summed E-state index contributed by atoms with van der Waals surface area (Å²) in [5.41, 5.74) is 1.33. The van der Waals surface area contributed by atoms with E-state index in [0.717, 1.165) is 5.69 Å². The molecule has 1 aliphatic heterocycles. The molecule has 0 aliphatic carbocycles. The summed E-state index contributed by atoms with van der Waals surface area (Å²) >= 11 is 3.25. The number of halogens is 2. The van der Waals surface area contributed by atoms with Crippen LogP contribution < -0.4 is 10.2 Å². The lowest BCUT2D eigenvalue weighted by Crippen LogP contribution is -2.55. The number of aryl methyl sites for hydroxylation is 1. The van der Waals surface area contributed by atoms with E-state index in [1.807, 2.05) is 18.1 Å². The molecule has 2 heterocycles. The SMILES string of the molecule is CN=C(NCc1ccc(Br)cc1F)N1CCN(c2cnn(C)c2)C(=O)C1. The topological polar surface area (TPSA) is 65.8 Å². The van der Waals surface area contributed by atoms with Gasteiger partial charge in [0, 0.05) is 50.0 Å². The predicted molar refractivity (Wildman–Crippen MR) is 101 cm³/mol. The van der Waals surface area contributed by atoms with Crippen LogP contribution >= 0.6 is 15.9 Å². The molecule has 1 saturated heterocycles. The number of hydrogen-bond acceptors (Lipinski definition) is 3. The molecular weight excluding hydrogens is 403 g/mol. The number of nitrogens with one attached hydrogen (secondary N) is 1. The molecule has 0 unspecified atom stereocenters. The molecular formula is C17H20BrFN6O. The van der Waals surface area contributed by atoms with Crippen LogP contribution in [0.25, 0.3) is 0 Å². The number of guanidine groups is 1. The van der Waals surface area contributed by atoms with Crippen molar-refractivity contribution in [3.8, 4) is 0 Å². The first-order chi connectivity index (χ1) is 12.5. The number of aliphatic imine (C=N–C) groups is 1. The van der Waals surface area contributed by atoms with Crippen molar-refractivity contribution in [3.05, 3.63) is 46.4 Å². The third-order valence-corrected chi connectivity index (χ3v) is 4.68. The highest BCUT2D eigenvalue weighted by atomic mass is 79.9. The highest BCUT2D eigenvalue weighted by Gasteiger charge is 2.27. The van der Waals surface area contributed by atoms with Crippen molar-refractivity contribution in [2.24, 2.45) is 12.0 Å². The number of benzene rings is 1. The van der Waals surface area contributed by atoms with Crippen molar-refractivity contribution in [2.75, 3.05) is 31.6 Å². The smallest absolute Gasteiger partial charge is 0.246 e. The van der Waals surface area contributed by atoms with Crippen molar-refractivity contribution in [3.63, 3.8) is 0 Å². The summed E-state index contributed by atoms with van der Waals surface area (Å²) in [6.45, 7) is 1.67. The summed E-state index contributed by atoms with van der Waals surface area (Å²) in [6, 6.07) is 4.93. The van der Waals surface area contributed by atoms with Gasteiger partial charge < -0.3 is 15.1 Å². The van der Waals surface area contributed by atoms with Crippen LogP contribution in [-0.4, -0.2) is 53.2 Å². The third-order valence-electron chi connectivity index (χ3n) is 4.19. The maximum absolute atomic E-state index is 14.0. The summed E-state index contributed by atoms with van der Waals surface area (Å²) < 4.78 is 16.3. The Bertz CT molecular complexity index is 836. The van der Waals surface area contributed by atoms with Gasteiger partial charge in [0.25, 0.3) is 0 Å². The van der Waals surface area contributed by atoms with Crippen LogP contribution in [0.5, 0.6) is 0 Å². The monoisotopic (exact) mass is 422 g/mol. The summed E-state index contributed by atoms with van der Waals surface area (Å²) in [5.74, 6) is 0.258. The average Bonchev–Trinajstić information content (AvgIpc) is 3.03. The zero-order valence-corrected chi connectivity index (χ0v) is 16.2. The molecule has 7 nitrogen and oxygen atoms in total. The second kappa shape index (κ2) is 7.86. The van der Waals surface area contributed by atoms with Crippen molar-refractivity contribution in [1.29, 1.82) is 0 Å². The van der Waals surface area contributed by atoms with Gasteiger partial charge >= 0.3 is 0 Å². The minimum absolute atomic E-state index is 0.0259. The molecule has 1 aromatic heterocycles. The Labute approximate surface area is 159 Å². The number of anilines is 1. The number of nitrogens with zero attached hydrogens (tertiary/aromatic N) is 5. The van der Waals surface area contributed by atoms with Crippen LogP contribution in [0, 0.1) is 5.82 Å². The maximum Gasteiger partial charge on any atom is 0.246 e. The van der Waals surface area contributed by atoms with Gasteiger partial charge in [0.15, 0.2) is 5.96 Å². The molecule has 26 heavy (non-hydrogen) atoms. The van der Waals surface area contributed by atoms with Gasteiger partial charge in [-0.05, 0) is 12.1 Å². The molecule has 0 atom stereocenters. The van der Waals surface area contributed by atoms with Crippen LogP contribution in [0.2, 0.25) is 0 Å². The molecule has 1 N–H and O–H groups in total. The number of carbonyl (C=O) groups excluding carboxylic acids is 1. The van der Waals surface area contributed by atoms with E-state index in [4.69, 9.17) is 0 Å². The van der Waals surface area contributed by atoms with Gasteiger partial charge in [0.1, 0.15) is 12.4 Å². The van der Waals surface area contributed by atoms with E-state index in [1.165, 1.54) is 6.07 Å². The first-order valence-corrected chi connectivity index (χ1v) is 8.96. The summed E-state index contributed by atoms with van der Waals surface area (Å²) in [4.78, 5) is 20.3. The van der Waals surface area contributed by atoms with Gasteiger partial charge in [-0.15, -0.1) is 0 Å². The normalized spacial score (nSPS) is 15.5. The number of rotatable bonds is 3. The Kier molecular flexibility index (Phi) is 5.55. The quantitative estimate of drug-likeness (QED) is 0.604. The van der Waals surface area contributed by atoms with Crippen molar-refractivity contribution in [1.82, 2.24) is 20.0 Å². The van der Waals surface area contributed by atoms with Crippen molar-refractivity contribution in [2.45, 2.75) is 6.54 Å². The summed E-state index contributed by atoms with van der Waals surface area (Å²) in [7, 11) is 3.47. The second-order valence-electron chi connectivity index (χ2n) is 5.98. The molecule has 2 aromatic rings. The van der Waals surface area contributed by atoms with Gasteiger partial charge in [0.05, 0.1) is 11.9 Å². The summed E-state index contributed by atoms with van der Waals surface area (Å²) in [5, 5.41) is 7.24. The summed E-state index contributed by atoms with van der Waals surface area (Å²) in [6.07, 6.45) is 3.49. The highest BCUT2D eigenvalue weighted by Crippen LogP contribution is 2.17. The van der Waals surface area contributed by atoms with Crippen LogP contribution in [0.3, 0.4) is 0 Å². The standard InChI is InChI=1S/C17H20BrFN6O/c1-20-17(21-8-12-3-4-13(18)7-15(12)19)24-5-6-25(16(26)11-24)14-9-22-23(2)10-14/h3-4,7,9-10H,5-6,8,11H2,1-2H3,(H,20,21). The van der Waals surface area contributed by atoms with E-state index >= 15 is 0 Å². The van der Waals surface area contributed by atoms with Gasteiger partial charge in [-0.25, -0.2) is 4.39 Å². The van der Waals surface area contributed by atoms with Crippen LogP contribution in [-0.2, 0) is 18.4 Å². The molecule has 1 aliphatic rings. The maximum atomic E-state index is 14.0. The molecule has 1 fully saturated rings. The van der Waals surface area contributed by atoms with E-state index in [9.17, 15) is 9.18 Å². The van der Waals surface area contributed by atoms with Crippen LogP contribution in [0.15, 0.2) is 40.1 Å². The first kappa shape index (κ1) is 18.4. The number of aromatic nitrogens is 2. The second-order valence-corrected chi connectivity index (χ2v) is 6.89. The lowest BCUT2D eigenvalue weighted by molar-refractivity contribution is -0.120. The fourth-order valence-electron chi connectivity index (χ4n) is 2.85. The predicted octanol–water partition coefficient (Wildman–Crippen LogP) is 1.75. The molecule has 1 aromatic carbocycles. The van der Waals surface area contributed by atoms with Crippen molar-refractivity contribution >= 4 is 33.5 Å². The number of piperazine rings is 1. The lowest BCUT2D eigenvalue weighted by atomic mass is 10.2. The number of amides is 1. The molecule has 0 saturated carbocycles. The fraction of sp³-hybridized carbons (Fsp3) is 0.353. The highest BCUT2D eigenvalue weighted by molar-refractivity contribution is 9.10. The molecule has 1 amide bonds. The molecule has 0 spiro atoms. The molecule has 3 rings (SSSR count). The van der Waals surface area contributed by atoms with Crippen LogP contribution in [0.4, 0.5) is 10.1 Å². The molecule has 0 radical (unpaired) electrons. The Morgan fingerprint density at radius 2 is 2.23 bits per heavy atom. The fourth-order valence-corrected chi connectivity index (χ4v) is 3.18. The van der Waals surface area contributed by atoms with E-state index in [-0.39, 0.29) is 18.3 Å². The molecule has 9 heteroatoms. The van der Waals surface area contributed by atoms with E-state index in [0.29, 0.717) is 35.6 Å². The minimum atomic E-state index is -0.292. The number of hydrogen-bond donors (Lipinski definition) is 1. The van der Waals surface area contributed by atoms with E-state index in [2.05, 4.69) is 31.3 Å². The Morgan fingerprint density at radius 1 is 1.42 bits per heavy atom. The van der Waals surface area contributed by atoms with Gasteiger partial charge in [0.2, 0.25) is 5.91 Å². The minimum Gasteiger partial charge on any atom is -0.352 e.